The van der Waals surface area contributed by atoms with E-state index in [1.54, 1.807) is 36.1 Å². The highest BCUT2D eigenvalue weighted by Crippen LogP contribution is 2.27. The molecule has 2 heterocycles. The van der Waals surface area contributed by atoms with E-state index < -0.39 is 12.7 Å². The lowest BCUT2D eigenvalue weighted by molar-refractivity contribution is -0.127. The first-order valence-electron chi connectivity index (χ1n) is 9.11. The van der Waals surface area contributed by atoms with Gasteiger partial charge in [0.1, 0.15) is 12.0 Å². The van der Waals surface area contributed by atoms with Crippen LogP contribution in [0.2, 0.25) is 0 Å². The van der Waals surface area contributed by atoms with E-state index in [1.165, 1.54) is 18.6 Å². The molecular formula is C20H22F2N2O4. The van der Waals surface area contributed by atoms with Crippen molar-refractivity contribution >= 4 is 11.8 Å². The highest BCUT2D eigenvalue weighted by Gasteiger charge is 2.30. The molecule has 1 fully saturated rings. The van der Waals surface area contributed by atoms with Gasteiger partial charge in [0.2, 0.25) is 5.91 Å². The summed E-state index contributed by atoms with van der Waals surface area (Å²) >= 11 is 0. The molecule has 1 aromatic carbocycles. The van der Waals surface area contributed by atoms with Crippen LogP contribution in [0.4, 0.5) is 8.78 Å². The number of rotatable bonds is 6. The molecule has 1 N–H and O–H groups in total. The Labute approximate surface area is 161 Å². The number of halogens is 2. The number of amides is 2. The fourth-order valence-corrected chi connectivity index (χ4v) is 3.39. The number of para-hydroxylation sites is 1. The second-order valence-corrected chi connectivity index (χ2v) is 6.75. The van der Waals surface area contributed by atoms with Crippen LogP contribution in [0.3, 0.4) is 0 Å². The first kappa shape index (κ1) is 19.9. The monoisotopic (exact) mass is 392 g/mol. The van der Waals surface area contributed by atoms with Gasteiger partial charge in [-0.2, -0.15) is 8.78 Å². The van der Waals surface area contributed by atoms with E-state index in [9.17, 15) is 18.4 Å². The standard InChI is InChI=1S/C20H22F2N2O4/c1-13(16-6-2-3-7-17(16)28-20(21)22)23-18(25)14-5-4-9-24(11-14)19(26)15-8-10-27-12-15/h2-3,6-8,10,12-14,20H,4-5,9,11H2,1H3,(H,23,25). The van der Waals surface area contributed by atoms with E-state index in [0.29, 0.717) is 37.1 Å². The Bertz CT molecular complexity index is 810. The van der Waals surface area contributed by atoms with Crippen LogP contribution in [0.25, 0.3) is 0 Å². The summed E-state index contributed by atoms with van der Waals surface area (Å²) in [6, 6.07) is 7.45. The van der Waals surface area contributed by atoms with Gasteiger partial charge in [-0.3, -0.25) is 9.59 Å². The average molecular weight is 392 g/mol. The molecule has 6 nitrogen and oxygen atoms in total. The molecule has 2 atom stereocenters. The van der Waals surface area contributed by atoms with Crippen molar-refractivity contribution in [2.45, 2.75) is 32.4 Å². The quantitative estimate of drug-likeness (QED) is 0.815. The molecule has 150 valence electrons. The molecular weight excluding hydrogens is 370 g/mol. The van der Waals surface area contributed by atoms with Crippen molar-refractivity contribution in [3.63, 3.8) is 0 Å². The third kappa shape index (κ3) is 4.68. The molecule has 2 unspecified atom stereocenters. The Balaban J connectivity index is 1.63. The molecule has 0 aliphatic carbocycles. The van der Waals surface area contributed by atoms with E-state index in [4.69, 9.17) is 4.42 Å². The lowest BCUT2D eigenvalue weighted by Crippen LogP contribution is -2.45. The Morgan fingerprint density at radius 1 is 1.29 bits per heavy atom. The zero-order valence-electron chi connectivity index (χ0n) is 15.4. The number of benzene rings is 1. The number of likely N-dealkylation sites (tertiary alicyclic amines) is 1. The van der Waals surface area contributed by atoms with Gasteiger partial charge in [0.15, 0.2) is 0 Å². The molecule has 1 aliphatic rings. The summed E-state index contributed by atoms with van der Waals surface area (Å²) in [6.07, 6.45) is 4.18. The fraction of sp³-hybridized carbons (Fsp3) is 0.400. The van der Waals surface area contributed by atoms with Gasteiger partial charge < -0.3 is 19.4 Å². The highest BCUT2D eigenvalue weighted by molar-refractivity contribution is 5.94. The summed E-state index contributed by atoms with van der Waals surface area (Å²) in [5, 5.41) is 2.85. The van der Waals surface area contributed by atoms with Gasteiger partial charge in [0.25, 0.3) is 5.91 Å². The van der Waals surface area contributed by atoms with Crippen molar-refractivity contribution in [3.05, 3.63) is 54.0 Å². The molecule has 0 spiro atoms. The van der Waals surface area contributed by atoms with Gasteiger partial charge in [-0.1, -0.05) is 18.2 Å². The number of hydrogen-bond donors (Lipinski definition) is 1. The topological polar surface area (TPSA) is 71.8 Å². The largest absolute Gasteiger partial charge is 0.472 e. The predicted octanol–water partition coefficient (Wildman–Crippen LogP) is 3.61. The number of nitrogens with zero attached hydrogens (tertiary/aromatic N) is 1. The van der Waals surface area contributed by atoms with Gasteiger partial charge in [0, 0.05) is 18.7 Å². The number of piperidine rings is 1. The summed E-state index contributed by atoms with van der Waals surface area (Å²) in [7, 11) is 0. The van der Waals surface area contributed by atoms with Gasteiger partial charge >= 0.3 is 6.61 Å². The van der Waals surface area contributed by atoms with Gasteiger partial charge in [-0.25, -0.2) is 0 Å². The lowest BCUT2D eigenvalue weighted by Gasteiger charge is -2.32. The summed E-state index contributed by atoms with van der Waals surface area (Å²) in [5.41, 5.74) is 0.922. The normalized spacial score (nSPS) is 18.0. The lowest BCUT2D eigenvalue weighted by atomic mass is 9.95. The first-order valence-corrected chi connectivity index (χ1v) is 9.11. The second kappa shape index (κ2) is 8.86. The Morgan fingerprint density at radius 3 is 2.79 bits per heavy atom. The summed E-state index contributed by atoms with van der Waals surface area (Å²) in [6.45, 7) is -0.348. The molecule has 1 aliphatic heterocycles. The zero-order valence-corrected chi connectivity index (χ0v) is 15.4. The number of carbonyl (C=O) groups excluding carboxylic acids is 2. The van der Waals surface area contributed by atoms with Crippen LogP contribution in [0.1, 0.15) is 41.7 Å². The van der Waals surface area contributed by atoms with Crippen molar-refractivity contribution in [3.8, 4) is 5.75 Å². The second-order valence-electron chi connectivity index (χ2n) is 6.75. The maximum atomic E-state index is 12.7. The van der Waals surface area contributed by atoms with Crippen LogP contribution in [0, 0.1) is 5.92 Å². The summed E-state index contributed by atoms with van der Waals surface area (Å²) in [5.74, 6) is -0.722. The van der Waals surface area contributed by atoms with E-state index in [2.05, 4.69) is 10.1 Å². The molecule has 2 aromatic rings. The van der Waals surface area contributed by atoms with Crippen LogP contribution in [-0.4, -0.2) is 36.4 Å². The minimum Gasteiger partial charge on any atom is -0.472 e. The zero-order chi connectivity index (χ0) is 20.1. The number of carbonyl (C=O) groups is 2. The molecule has 2 amide bonds. The minimum absolute atomic E-state index is 0.0331. The van der Waals surface area contributed by atoms with E-state index >= 15 is 0 Å². The third-order valence-electron chi connectivity index (χ3n) is 4.81. The van der Waals surface area contributed by atoms with Crippen LogP contribution >= 0.6 is 0 Å². The van der Waals surface area contributed by atoms with Gasteiger partial charge in [0.05, 0.1) is 23.8 Å². The Hall–Kier alpha value is -2.90. The third-order valence-corrected chi connectivity index (χ3v) is 4.81. The van der Waals surface area contributed by atoms with Gasteiger partial charge in [-0.15, -0.1) is 0 Å². The molecule has 3 rings (SSSR count). The molecule has 28 heavy (non-hydrogen) atoms. The summed E-state index contributed by atoms with van der Waals surface area (Å²) in [4.78, 5) is 26.8. The summed E-state index contributed by atoms with van der Waals surface area (Å²) < 4.78 is 34.7. The Kier molecular flexibility index (Phi) is 6.28. The smallest absolute Gasteiger partial charge is 0.387 e. The van der Waals surface area contributed by atoms with E-state index in [-0.39, 0.29) is 23.5 Å². The molecule has 0 saturated carbocycles. The van der Waals surface area contributed by atoms with Crippen molar-refractivity contribution in [2.24, 2.45) is 5.92 Å². The van der Waals surface area contributed by atoms with Crippen molar-refractivity contribution in [1.82, 2.24) is 10.2 Å². The minimum atomic E-state index is -2.94. The van der Waals surface area contributed by atoms with Gasteiger partial charge in [-0.05, 0) is 31.9 Å². The predicted molar refractivity (Wildman–Crippen MR) is 97.0 cm³/mol. The number of nitrogens with one attached hydrogen (secondary N) is 1. The number of ether oxygens (including phenoxy) is 1. The molecule has 1 saturated heterocycles. The maximum absolute atomic E-state index is 12.7. The molecule has 1 aromatic heterocycles. The van der Waals surface area contributed by atoms with Crippen molar-refractivity contribution in [1.29, 1.82) is 0 Å². The van der Waals surface area contributed by atoms with Crippen molar-refractivity contribution in [2.75, 3.05) is 13.1 Å². The number of alkyl halides is 2. The molecule has 0 radical (unpaired) electrons. The van der Waals surface area contributed by atoms with Crippen LogP contribution in [0.5, 0.6) is 5.75 Å². The SMILES string of the molecule is CC(NC(=O)C1CCCN(C(=O)c2ccoc2)C1)c1ccccc1OC(F)F. The first-order chi connectivity index (χ1) is 13.5. The van der Waals surface area contributed by atoms with E-state index in [1.807, 2.05) is 0 Å². The number of hydrogen-bond acceptors (Lipinski definition) is 4. The van der Waals surface area contributed by atoms with Crippen molar-refractivity contribution < 1.29 is 27.5 Å². The van der Waals surface area contributed by atoms with Crippen LogP contribution in [-0.2, 0) is 4.79 Å². The molecule has 8 heteroatoms. The highest BCUT2D eigenvalue weighted by atomic mass is 19.3. The van der Waals surface area contributed by atoms with E-state index in [0.717, 1.165) is 0 Å². The Morgan fingerprint density at radius 2 is 2.07 bits per heavy atom. The van der Waals surface area contributed by atoms with Crippen LogP contribution in [0.15, 0.2) is 47.3 Å². The average Bonchev–Trinajstić information content (AvgIpc) is 3.22. The fourth-order valence-electron chi connectivity index (χ4n) is 3.39. The maximum Gasteiger partial charge on any atom is 0.387 e. The number of furan rings is 1. The molecule has 0 bridgehead atoms. The van der Waals surface area contributed by atoms with Crippen LogP contribution < -0.4 is 10.1 Å².